The number of nitrogens with one attached hydrogen (secondary N) is 1. The van der Waals surface area contributed by atoms with Crippen LogP contribution in [0.4, 0.5) is 0 Å². The number of hydrogen-bond donors (Lipinski definition) is 1. The van der Waals surface area contributed by atoms with E-state index in [4.69, 9.17) is 9.72 Å². The molecule has 1 atom stereocenters. The van der Waals surface area contributed by atoms with E-state index < -0.39 is 0 Å². The first kappa shape index (κ1) is 13.8. The summed E-state index contributed by atoms with van der Waals surface area (Å²) < 4.78 is 5.69. The first-order valence-corrected chi connectivity index (χ1v) is 7.94. The minimum atomic E-state index is -0.0461. The van der Waals surface area contributed by atoms with Crippen LogP contribution in [-0.2, 0) is 17.6 Å². The summed E-state index contributed by atoms with van der Waals surface area (Å²) in [5.41, 5.74) is 1.97. The molecule has 1 saturated carbocycles. The molecule has 110 valence electrons. The quantitative estimate of drug-likeness (QED) is 0.923. The molecule has 3 rings (SSSR count). The highest BCUT2D eigenvalue weighted by molar-refractivity contribution is 5.21. The van der Waals surface area contributed by atoms with Crippen molar-refractivity contribution >= 4 is 0 Å². The number of ether oxygens (including phenoxy) is 1. The highest BCUT2D eigenvalue weighted by Gasteiger charge is 2.28. The van der Waals surface area contributed by atoms with Gasteiger partial charge in [0.15, 0.2) is 0 Å². The number of hydrogen-bond acceptors (Lipinski definition) is 3. The van der Waals surface area contributed by atoms with Crippen molar-refractivity contribution in [2.45, 2.75) is 63.9 Å². The minimum Gasteiger partial charge on any atom is -0.373 e. The zero-order chi connectivity index (χ0) is 13.9. The number of H-pyrrole nitrogens is 1. The molecule has 1 N–H and O–H groups in total. The van der Waals surface area contributed by atoms with Crippen molar-refractivity contribution < 1.29 is 4.74 Å². The predicted molar refractivity (Wildman–Crippen MR) is 77.8 cm³/mol. The molecule has 1 aromatic rings. The fraction of sp³-hybridized carbons (Fsp3) is 0.750. The third kappa shape index (κ3) is 2.66. The van der Waals surface area contributed by atoms with Gasteiger partial charge < -0.3 is 9.72 Å². The molecule has 0 spiro atoms. The Balaban J connectivity index is 1.91. The second-order valence-corrected chi connectivity index (χ2v) is 6.14. The molecule has 0 aliphatic heterocycles. The maximum atomic E-state index is 12.2. The van der Waals surface area contributed by atoms with Gasteiger partial charge in [-0.25, -0.2) is 4.98 Å². The lowest BCUT2D eigenvalue weighted by atomic mass is 9.84. The summed E-state index contributed by atoms with van der Waals surface area (Å²) in [7, 11) is 1.73. The van der Waals surface area contributed by atoms with Crippen molar-refractivity contribution in [2.75, 3.05) is 7.11 Å². The highest BCUT2D eigenvalue weighted by Crippen LogP contribution is 2.35. The monoisotopic (exact) mass is 276 g/mol. The largest absolute Gasteiger partial charge is 0.373 e. The molecule has 4 heteroatoms. The van der Waals surface area contributed by atoms with Gasteiger partial charge in [-0.15, -0.1) is 0 Å². The fourth-order valence-corrected chi connectivity index (χ4v) is 3.72. The molecular formula is C16H24N2O2. The smallest absolute Gasteiger partial charge is 0.254 e. The molecule has 0 radical (unpaired) electrons. The van der Waals surface area contributed by atoms with Gasteiger partial charge in [-0.2, -0.15) is 0 Å². The van der Waals surface area contributed by atoms with E-state index in [1.165, 1.54) is 32.1 Å². The van der Waals surface area contributed by atoms with Gasteiger partial charge in [-0.3, -0.25) is 4.79 Å². The Hall–Kier alpha value is -1.16. The van der Waals surface area contributed by atoms with Gasteiger partial charge in [-0.05, 0) is 44.4 Å². The van der Waals surface area contributed by atoms with Crippen LogP contribution < -0.4 is 5.56 Å². The molecule has 0 aromatic carbocycles. The number of fused-ring (bicyclic) bond motifs is 1. The zero-order valence-electron chi connectivity index (χ0n) is 12.3. The lowest BCUT2D eigenvalue weighted by Gasteiger charge is -2.29. The molecule has 1 heterocycles. The molecule has 2 aliphatic rings. The van der Waals surface area contributed by atoms with Crippen LogP contribution >= 0.6 is 0 Å². The topological polar surface area (TPSA) is 55.0 Å². The van der Waals surface area contributed by atoms with Crippen LogP contribution in [0.3, 0.4) is 0 Å². The summed E-state index contributed by atoms with van der Waals surface area (Å²) in [4.78, 5) is 20.0. The molecule has 0 bridgehead atoms. The lowest BCUT2D eigenvalue weighted by molar-refractivity contribution is 0.0285. The molecule has 4 nitrogen and oxygen atoms in total. The number of aryl methyl sites for hydroxylation is 1. The van der Waals surface area contributed by atoms with Gasteiger partial charge >= 0.3 is 0 Å². The first-order chi connectivity index (χ1) is 9.79. The molecule has 1 unspecified atom stereocenters. The summed E-state index contributed by atoms with van der Waals surface area (Å²) in [6, 6.07) is 0. The molecule has 2 aliphatic carbocycles. The third-order valence-electron chi connectivity index (χ3n) is 4.81. The summed E-state index contributed by atoms with van der Waals surface area (Å²) in [6.45, 7) is 0. The standard InChI is InChI=1S/C16H24N2O2/c1-20-14(11-7-3-2-4-8-11)15-17-13-10-6-5-9-12(13)16(19)18-15/h11,14H,2-10H2,1H3,(H,17,18,19). The Morgan fingerprint density at radius 3 is 2.65 bits per heavy atom. The average molecular weight is 276 g/mol. The molecule has 20 heavy (non-hydrogen) atoms. The molecule has 0 saturated heterocycles. The van der Waals surface area contributed by atoms with Gasteiger partial charge in [0.2, 0.25) is 0 Å². The normalized spacial score (nSPS) is 21.4. The Kier molecular flexibility index (Phi) is 4.20. The predicted octanol–water partition coefficient (Wildman–Crippen LogP) is 2.92. The van der Waals surface area contributed by atoms with E-state index in [0.717, 1.165) is 42.8 Å². The maximum absolute atomic E-state index is 12.2. The highest BCUT2D eigenvalue weighted by atomic mass is 16.5. The molecular weight excluding hydrogens is 252 g/mol. The van der Waals surface area contributed by atoms with Crippen LogP contribution in [0, 0.1) is 5.92 Å². The zero-order valence-corrected chi connectivity index (χ0v) is 12.3. The number of aromatic amines is 1. The van der Waals surface area contributed by atoms with Crippen molar-refractivity contribution in [3.8, 4) is 0 Å². The minimum absolute atomic E-state index is 0.0461. The Morgan fingerprint density at radius 1 is 1.15 bits per heavy atom. The van der Waals surface area contributed by atoms with Gasteiger partial charge in [0.1, 0.15) is 11.9 Å². The summed E-state index contributed by atoms with van der Waals surface area (Å²) in [5, 5.41) is 0. The Bertz CT molecular complexity index is 518. The van der Waals surface area contributed by atoms with E-state index in [0.29, 0.717) is 5.92 Å². The van der Waals surface area contributed by atoms with E-state index in [1.807, 2.05) is 0 Å². The second kappa shape index (κ2) is 6.08. The molecule has 1 fully saturated rings. The lowest BCUT2D eigenvalue weighted by Crippen LogP contribution is -2.27. The van der Waals surface area contributed by atoms with Crippen LogP contribution in [-0.4, -0.2) is 17.1 Å². The maximum Gasteiger partial charge on any atom is 0.254 e. The summed E-state index contributed by atoms with van der Waals surface area (Å²) in [5.74, 6) is 1.25. The van der Waals surface area contributed by atoms with Gasteiger partial charge in [0.25, 0.3) is 5.56 Å². The van der Waals surface area contributed by atoms with E-state index in [9.17, 15) is 4.79 Å². The SMILES string of the molecule is COC(c1nc2c(c(=O)[nH]1)CCCC2)C1CCCCC1. The number of nitrogens with zero attached hydrogens (tertiary/aromatic N) is 1. The van der Waals surface area contributed by atoms with E-state index >= 15 is 0 Å². The van der Waals surface area contributed by atoms with E-state index in [-0.39, 0.29) is 11.7 Å². The first-order valence-electron chi connectivity index (χ1n) is 7.94. The number of methoxy groups -OCH3 is 1. The van der Waals surface area contributed by atoms with Crippen LogP contribution in [0.25, 0.3) is 0 Å². The number of rotatable bonds is 3. The third-order valence-corrected chi connectivity index (χ3v) is 4.81. The van der Waals surface area contributed by atoms with Crippen LogP contribution in [0.15, 0.2) is 4.79 Å². The molecule has 0 amide bonds. The van der Waals surface area contributed by atoms with Gasteiger partial charge in [0, 0.05) is 12.7 Å². The van der Waals surface area contributed by atoms with Crippen molar-refractivity contribution in [3.05, 3.63) is 27.4 Å². The summed E-state index contributed by atoms with van der Waals surface area (Å²) in [6.07, 6.45) is 10.2. The van der Waals surface area contributed by atoms with Crippen LogP contribution in [0.1, 0.15) is 68.1 Å². The van der Waals surface area contributed by atoms with Gasteiger partial charge in [0.05, 0.1) is 5.69 Å². The van der Waals surface area contributed by atoms with Crippen molar-refractivity contribution in [2.24, 2.45) is 5.92 Å². The Morgan fingerprint density at radius 2 is 1.90 bits per heavy atom. The van der Waals surface area contributed by atoms with Crippen molar-refractivity contribution in [3.63, 3.8) is 0 Å². The Labute approximate surface area is 120 Å². The van der Waals surface area contributed by atoms with Crippen LogP contribution in [0.2, 0.25) is 0 Å². The van der Waals surface area contributed by atoms with Crippen molar-refractivity contribution in [1.29, 1.82) is 0 Å². The number of aromatic nitrogens is 2. The average Bonchev–Trinajstić information content (AvgIpc) is 2.49. The van der Waals surface area contributed by atoms with Gasteiger partial charge in [-0.1, -0.05) is 19.3 Å². The van der Waals surface area contributed by atoms with Crippen molar-refractivity contribution in [1.82, 2.24) is 9.97 Å². The summed E-state index contributed by atoms with van der Waals surface area (Å²) >= 11 is 0. The molecule has 1 aromatic heterocycles. The van der Waals surface area contributed by atoms with Crippen LogP contribution in [0.5, 0.6) is 0 Å². The fourth-order valence-electron chi connectivity index (χ4n) is 3.72. The van der Waals surface area contributed by atoms with E-state index in [1.54, 1.807) is 7.11 Å². The second-order valence-electron chi connectivity index (χ2n) is 6.14. The van der Waals surface area contributed by atoms with E-state index in [2.05, 4.69) is 4.98 Å².